The fourth-order valence-electron chi connectivity index (χ4n) is 2.57. The molecule has 4 nitrogen and oxygen atoms in total. The summed E-state index contributed by atoms with van der Waals surface area (Å²) >= 11 is 1.73. The Morgan fingerprint density at radius 2 is 2.28 bits per heavy atom. The van der Waals surface area contributed by atoms with Gasteiger partial charge >= 0.3 is 0 Å². The van der Waals surface area contributed by atoms with Crippen molar-refractivity contribution in [1.82, 2.24) is 9.97 Å². The zero-order chi connectivity index (χ0) is 12.7. The van der Waals surface area contributed by atoms with E-state index in [1.54, 1.807) is 17.7 Å². The second kappa shape index (κ2) is 4.48. The van der Waals surface area contributed by atoms with Gasteiger partial charge in [0.25, 0.3) is 0 Å². The fourth-order valence-corrected chi connectivity index (χ4v) is 3.41. The quantitative estimate of drug-likeness (QED) is 0.856. The molecule has 0 radical (unpaired) electrons. The topological polar surface area (TPSA) is 55.0 Å². The minimum absolute atomic E-state index is 0.322. The Bertz CT molecular complexity index is 565. The van der Waals surface area contributed by atoms with E-state index in [4.69, 9.17) is 5.73 Å². The third-order valence-corrected chi connectivity index (χ3v) is 4.66. The molecule has 2 atom stereocenters. The van der Waals surface area contributed by atoms with Crippen LogP contribution in [0, 0.1) is 12.8 Å². The lowest BCUT2D eigenvalue weighted by atomic mass is 9.95. The van der Waals surface area contributed by atoms with Gasteiger partial charge in [-0.05, 0) is 25.3 Å². The molecular weight excluding hydrogens is 244 g/mol. The summed E-state index contributed by atoms with van der Waals surface area (Å²) in [6, 6.07) is 2.51. The molecule has 2 aromatic rings. The minimum Gasteiger partial charge on any atom is -0.356 e. The van der Waals surface area contributed by atoms with Gasteiger partial charge in [-0.1, -0.05) is 6.92 Å². The lowest BCUT2D eigenvalue weighted by Gasteiger charge is -2.36. The molecule has 0 aromatic carbocycles. The number of aromatic nitrogens is 2. The third kappa shape index (κ3) is 1.97. The molecule has 2 aromatic heterocycles. The van der Waals surface area contributed by atoms with E-state index in [9.17, 15) is 0 Å². The van der Waals surface area contributed by atoms with Gasteiger partial charge in [-0.3, -0.25) is 0 Å². The first kappa shape index (κ1) is 11.9. The minimum atomic E-state index is 0.322. The van der Waals surface area contributed by atoms with Gasteiger partial charge in [0, 0.05) is 24.0 Å². The van der Waals surface area contributed by atoms with Gasteiger partial charge in [-0.15, -0.1) is 11.3 Å². The molecule has 0 bridgehead atoms. The molecule has 1 aliphatic heterocycles. The molecule has 0 amide bonds. The Hall–Kier alpha value is -1.20. The van der Waals surface area contributed by atoms with Crippen LogP contribution in [0.25, 0.3) is 10.2 Å². The predicted octanol–water partition coefficient (Wildman–Crippen LogP) is 2.17. The highest BCUT2D eigenvalue weighted by Gasteiger charge is 2.25. The van der Waals surface area contributed by atoms with Crippen molar-refractivity contribution >= 4 is 27.4 Å². The van der Waals surface area contributed by atoms with Crippen LogP contribution >= 0.6 is 11.3 Å². The molecule has 2 N–H and O–H groups in total. The molecule has 3 heterocycles. The van der Waals surface area contributed by atoms with Crippen molar-refractivity contribution in [2.75, 3.05) is 18.0 Å². The second-order valence-electron chi connectivity index (χ2n) is 5.15. The highest BCUT2D eigenvalue weighted by Crippen LogP contribution is 2.31. The number of hydrogen-bond donors (Lipinski definition) is 1. The molecule has 2 unspecified atom stereocenters. The third-order valence-electron chi connectivity index (χ3n) is 3.70. The van der Waals surface area contributed by atoms with E-state index in [2.05, 4.69) is 34.8 Å². The lowest BCUT2D eigenvalue weighted by Crippen LogP contribution is -2.46. The second-order valence-corrected chi connectivity index (χ2v) is 6.38. The maximum Gasteiger partial charge on any atom is 0.140 e. The molecule has 1 aliphatic rings. The van der Waals surface area contributed by atoms with E-state index in [1.165, 1.54) is 10.3 Å². The first-order valence-corrected chi connectivity index (χ1v) is 7.18. The summed E-state index contributed by atoms with van der Waals surface area (Å²) < 4.78 is 0. The number of nitrogens with two attached hydrogens (primary N) is 1. The van der Waals surface area contributed by atoms with Crippen molar-refractivity contribution in [3.8, 4) is 0 Å². The van der Waals surface area contributed by atoms with Crippen LogP contribution in [0.4, 0.5) is 5.82 Å². The van der Waals surface area contributed by atoms with Crippen LogP contribution in [-0.2, 0) is 0 Å². The van der Waals surface area contributed by atoms with Gasteiger partial charge in [-0.2, -0.15) is 0 Å². The van der Waals surface area contributed by atoms with Gasteiger partial charge in [-0.25, -0.2) is 9.97 Å². The maximum absolute atomic E-state index is 6.08. The van der Waals surface area contributed by atoms with E-state index < -0.39 is 0 Å². The van der Waals surface area contributed by atoms with Gasteiger partial charge in [0.1, 0.15) is 17.0 Å². The van der Waals surface area contributed by atoms with Crippen molar-refractivity contribution < 1.29 is 0 Å². The van der Waals surface area contributed by atoms with E-state index in [0.717, 1.165) is 30.2 Å². The first-order valence-electron chi connectivity index (χ1n) is 6.37. The summed E-state index contributed by atoms with van der Waals surface area (Å²) in [5.74, 6) is 1.59. The van der Waals surface area contributed by atoms with Crippen molar-refractivity contribution in [2.24, 2.45) is 11.7 Å². The average Bonchev–Trinajstić information content (AvgIpc) is 2.72. The SMILES string of the molecule is Cc1cc2c(N3CCC(N)C(C)C3)ncnc2s1. The molecule has 0 spiro atoms. The van der Waals surface area contributed by atoms with Crippen LogP contribution in [0.3, 0.4) is 0 Å². The summed E-state index contributed by atoms with van der Waals surface area (Å²) in [5, 5.41) is 1.18. The molecule has 96 valence electrons. The summed E-state index contributed by atoms with van der Waals surface area (Å²) in [6.45, 7) is 6.31. The smallest absolute Gasteiger partial charge is 0.140 e. The van der Waals surface area contributed by atoms with Crippen LogP contribution in [0.1, 0.15) is 18.2 Å². The number of piperidine rings is 1. The number of aryl methyl sites for hydroxylation is 1. The van der Waals surface area contributed by atoms with Crippen molar-refractivity contribution in [1.29, 1.82) is 0 Å². The van der Waals surface area contributed by atoms with E-state index in [-0.39, 0.29) is 0 Å². The first-order chi connectivity index (χ1) is 8.65. The van der Waals surface area contributed by atoms with Crippen LogP contribution < -0.4 is 10.6 Å². The largest absolute Gasteiger partial charge is 0.356 e. The number of thiophene rings is 1. The van der Waals surface area contributed by atoms with E-state index in [1.807, 2.05) is 0 Å². The number of fused-ring (bicyclic) bond motifs is 1. The highest BCUT2D eigenvalue weighted by molar-refractivity contribution is 7.18. The van der Waals surface area contributed by atoms with E-state index in [0.29, 0.717) is 12.0 Å². The zero-order valence-electron chi connectivity index (χ0n) is 10.8. The normalized spacial score (nSPS) is 24.7. The van der Waals surface area contributed by atoms with Crippen LogP contribution in [0.15, 0.2) is 12.4 Å². The van der Waals surface area contributed by atoms with Gasteiger partial charge in [0.05, 0.1) is 5.39 Å². The Morgan fingerprint density at radius 1 is 1.44 bits per heavy atom. The average molecular weight is 262 g/mol. The molecule has 0 aliphatic carbocycles. The highest BCUT2D eigenvalue weighted by atomic mass is 32.1. The molecule has 0 saturated carbocycles. The van der Waals surface area contributed by atoms with E-state index >= 15 is 0 Å². The standard InChI is InChI=1S/C13H18N4S/c1-8-6-17(4-3-11(8)14)12-10-5-9(2)18-13(10)16-7-15-12/h5,7-8,11H,3-4,6,14H2,1-2H3. The summed E-state index contributed by atoms with van der Waals surface area (Å²) in [4.78, 5) is 13.6. The predicted molar refractivity (Wildman–Crippen MR) is 76.1 cm³/mol. The zero-order valence-corrected chi connectivity index (χ0v) is 11.6. The Labute approximate surface area is 111 Å². The molecule has 18 heavy (non-hydrogen) atoms. The molecule has 1 saturated heterocycles. The Balaban J connectivity index is 1.99. The molecule has 1 fully saturated rings. The van der Waals surface area contributed by atoms with Crippen molar-refractivity contribution in [3.05, 3.63) is 17.3 Å². The number of rotatable bonds is 1. The van der Waals surface area contributed by atoms with Crippen LogP contribution in [-0.4, -0.2) is 29.1 Å². The van der Waals surface area contributed by atoms with Crippen molar-refractivity contribution in [2.45, 2.75) is 26.3 Å². The summed E-state index contributed by atoms with van der Waals surface area (Å²) in [6.07, 6.45) is 2.71. The van der Waals surface area contributed by atoms with Gasteiger partial charge in [0.2, 0.25) is 0 Å². The fraction of sp³-hybridized carbons (Fsp3) is 0.538. The molecule has 3 rings (SSSR count). The monoisotopic (exact) mass is 262 g/mol. The van der Waals surface area contributed by atoms with Crippen LogP contribution in [0.5, 0.6) is 0 Å². The Morgan fingerprint density at radius 3 is 3.06 bits per heavy atom. The molecule has 5 heteroatoms. The Kier molecular flexibility index (Phi) is 2.95. The summed E-state index contributed by atoms with van der Waals surface area (Å²) in [5.41, 5.74) is 6.08. The van der Waals surface area contributed by atoms with Crippen molar-refractivity contribution in [3.63, 3.8) is 0 Å². The molecular formula is C13H18N4S. The van der Waals surface area contributed by atoms with Gasteiger partial charge < -0.3 is 10.6 Å². The number of nitrogens with zero attached hydrogens (tertiary/aromatic N) is 3. The lowest BCUT2D eigenvalue weighted by molar-refractivity contribution is 0.382. The number of hydrogen-bond acceptors (Lipinski definition) is 5. The number of anilines is 1. The van der Waals surface area contributed by atoms with Gasteiger partial charge in [0.15, 0.2) is 0 Å². The summed E-state index contributed by atoms with van der Waals surface area (Å²) in [7, 11) is 0. The maximum atomic E-state index is 6.08. The van der Waals surface area contributed by atoms with Crippen LogP contribution in [0.2, 0.25) is 0 Å².